The minimum absolute atomic E-state index is 0.117. The standard InChI is InChI=1S/C37H43N5O3/c1-26(2)23-34(35(43)39-29-17-11-6-12-18-29)42(30-19-21-31(45-3)22-20-30)36(44)33-24-32(28-15-9-5-10-16-28)40-37(41-33)38-25-27-13-7-4-8-14-27/h4-5,7-10,13-16,19-22,24,26,29,34H,6,11-12,17-18,23,25H2,1-3H3,(H,39,43)(H,38,40,41). The van der Waals surface area contributed by atoms with E-state index in [9.17, 15) is 9.59 Å². The maximum absolute atomic E-state index is 14.7. The Hall–Kier alpha value is -4.72. The van der Waals surface area contributed by atoms with Gasteiger partial charge in [0.25, 0.3) is 5.91 Å². The maximum Gasteiger partial charge on any atom is 0.277 e. The molecule has 1 aliphatic carbocycles. The molecule has 1 fully saturated rings. The van der Waals surface area contributed by atoms with Gasteiger partial charge in [0.1, 0.15) is 17.5 Å². The Morgan fingerprint density at radius 3 is 2.20 bits per heavy atom. The number of nitrogens with one attached hydrogen (secondary N) is 2. The quantitative estimate of drug-likeness (QED) is 0.176. The number of ether oxygens (including phenoxy) is 1. The number of methoxy groups -OCH3 is 1. The minimum Gasteiger partial charge on any atom is -0.497 e. The zero-order valence-corrected chi connectivity index (χ0v) is 26.4. The second-order valence-corrected chi connectivity index (χ2v) is 12.0. The van der Waals surface area contributed by atoms with E-state index in [2.05, 4.69) is 24.5 Å². The first-order chi connectivity index (χ1) is 21.9. The smallest absolute Gasteiger partial charge is 0.277 e. The number of anilines is 2. The molecule has 234 valence electrons. The highest BCUT2D eigenvalue weighted by Crippen LogP contribution is 2.28. The van der Waals surface area contributed by atoms with Crippen molar-refractivity contribution >= 4 is 23.5 Å². The van der Waals surface area contributed by atoms with E-state index in [-0.39, 0.29) is 29.5 Å². The van der Waals surface area contributed by atoms with E-state index >= 15 is 0 Å². The molecule has 5 rings (SSSR count). The first-order valence-electron chi connectivity index (χ1n) is 15.9. The molecule has 0 aliphatic heterocycles. The number of amides is 2. The molecule has 0 spiro atoms. The number of benzene rings is 3. The molecule has 0 bridgehead atoms. The molecule has 8 nitrogen and oxygen atoms in total. The molecule has 1 saturated carbocycles. The van der Waals surface area contributed by atoms with Crippen molar-refractivity contribution in [3.05, 3.63) is 102 Å². The molecule has 1 atom stereocenters. The summed E-state index contributed by atoms with van der Waals surface area (Å²) in [6.45, 7) is 4.64. The van der Waals surface area contributed by atoms with Crippen molar-refractivity contribution in [2.24, 2.45) is 5.92 Å². The lowest BCUT2D eigenvalue weighted by Gasteiger charge is -2.34. The average Bonchev–Trinajstić information content (AvgIpc) is 3.08. The molecule has 4 aromatic rings. The maximum atomic E-state index is 14.7. The molecule has 2 N–H and O–H groups in total. The summed E-state index contributed by atoms with van der Waals surface area (Å²) in [5, 5.41) is 6.60. The van der Waals surface area contributed by atoms with Crippen LogP contribution in [-0.2, 0) is 11.3 Å². The van der Waals surface area contributed by atoms with Gasteiger partial charge in [-0.3, -0.25) is 14.5 Å². The first-order valence-corrected chi connectivity index (χ1v) is 15.9. The highest BCUT2D eigenvalue weighted by atomic mass is 16.5. The van der Waals surface area contributed by atoms with E-state index in [1.165, 1.54) is 6.42 Å². The van der Waals surface area contributed by atoms with Crippen molar-refractivity contribution in [3.63, 3.8) is 0 Å². The predicted molar refractivity (Wildman–Crippen MR) is 179 cm³/mol. The third kappa shape index (κ3) is 8.47. The van der Waals surface area contributed by atoms with Crippen molar-refractivity contribution < 1.29 is 14.3 Å². The third-order valence-electron chi connectivity index (χ3n) is 8.14. The minimum atomic E-state index is -0.733. The van der Waals surface area contributed by atoms with Crippen LogP contribution < -0.4 is 20.3 Å². The van der Waals surface area contributed by atoms with Crippen LogP contribution in [0.5, 0.6) is 5.75 Å². The van der Waals surface area contributed by atoms with Gasteiger partial charge >= 0.3 is 0 Å². The van der Waals surface area contributed by atoms with E-state index in [0.717, 1.165) is 36.8 Å². The van der Waals surface area contributed by atoms with Crippen LogP contribution in [0.2, 0.25) is 0 Å². The van der Waals surface area contributed by atoms with Gasteiger partial charge in [-0.15, -0.1) is 0 Å². The lowest BCUT2D eigenvalue weighted by molar-refractivity contribution is -0.123. The summed E-state index contributed by atoms with van der Waals surface area (Å²) in [6.07, 6.45) is 5.80. The summed E-state index contributed by atoms with van der Waals surface area (Å²) in [5.41, 5.74) is 3.35. The van der Waals surface area contributed by atoms with Crippen LogP contribution in [0.1, 0.15) is 68.4 Å². The molecule has 0 saturated heterocycles. The molecular weight excluding hydrogens is 562 g/mol. The van der Waals surface area contributed by atoms with Crippen LogP contribution in [0.4, 0.5) is 11.6 Å². The molecule has 1 heterocycles. The van der Waals surface area contributed by atoms with E-state index in [1.54, 1.807) is 18.1 Å². The summed E-state index contributed by atoms with van der Waals surface area (Å²) in [5.74, 6) is 0.657. The summed E-state index contributed by atoms with van der Waals surface area (Å²) >= 11 is 0. The van der Waals surface area contributed by atoms with E-state index in [4.69, 9.17) is 14.7 Å². The lowest BCUT2D eigenvalue weighted by atomic mass is 9.94. The van der Waals surface area contributed by atoms with Gasteiger partial charge in [0, 0.05) is 23.8 Å². The van der Waals surface area contributed by atoms with Crippen molar-refractivity contribution in [1.29, 1.82) is 0 Å². The Morgan fingerprint density at radius 2 is 1.56 bits per heavy atom. The Labute approximate surface area is 266 Å². The fraction of sp³-hybridized carbons (Fsp3) is 0.351. The van der Waals surface area contributed by atoms with Gasteiger partial charge in [-0.25, -0.2) is 9.97 Å². The van der Waals surface area contributed by atoms with Gasteiger partial charge in [-0.05, 0) is 61.1 Å². The van der Waals surface area contributed by atoms with Crippen LogP contribution in [0.25, 0.3) is 11.3 Å². The van der Waals surface area contributed by atoms with Crippen LogP contribution in [-0.4, -0.2) is 41.0 Å². The Kier molecular flexibility index (Phi) is 10.8. The van der Waals surface area contributed by atoms with Crippen LogP contribution in [0.3, 0.4) is 0 Å². The second-order valence-electron chi connectivity index (χ2n) is 12.0. The largest absolute Gasteiger partial charge is 0.497 e. The van der Waals surface area contributed by atoms with Crippen molar-refractivity contribution in [2.75, 3.05) is 17.3 Å². The number of aromatic nitrogens is 2. The van der Waals surface area contributed by atoms with E-state index in [0.29, 0.717) is 36.0 Å². The molecular formula is C37H43N5O3. The number of rotatable bonds is 12. The molecule has 3 aromatic carbocycles. The molecule has 1 unspecified atom stereocenters. The lowest BCUT2D eigenvalue weighted by Crippen LogP contribution is -2.53. The summed E-state index contributed by atoms with van der Waals surface area (Å²) in [7, 11) is 1.60. The van der Waals surface area contributed by atoms with Crippen molar-refractivity contribution in [2.45, 2.75) is 71.0 Å². The van der Waals surface area contributed by atoms with Gasteiger partial charge in [-0.1, -0.05) is 93.8 Å². The van der Waals surface area contributed by atoms with Gasteiger partial charge in [-0.2, -0.15) is 0 Å². The Balaban J connectivity index is 1.56. The summed E-state index contributed by atoms with van der Waals surface area (Å²) in [6, 6.07) is 28.1. The number of hydrogen-bond donors (Lipinski definition) is 2. The monoisotopic (exact) mass is 605 g/mol. The van der Waals surface area contributed by atoms with Gasteiger partial charge < -0.3 is 15.4 Å². The normalized spacial score (nSPS) is 14.0. The van der Waals surface area contributed by atoms with E-state index in [1.807, 2.05) is 84.9 Å². The highest BCUT2D eigenvalue weighted by molar-refractivity contribution is 6.09. The number of carbonyl (C=O) groups excluding carboxylic acids is 2. The fourth-order valence-corrected chi connectivity index (χ4v) is 5.80. The molecule has 8 heteroatoms. The molecule has 2 amide bonds. The molecule has 0 radical (unpaired) electrons. The SMILES string of the molecule is COc1ccc(N(C(=O)c2cc(-c3ccccc3)nc(NCc3ccccc3)n2)C(CC(C)C)C(=O)NC2CCCCC2)cc1. The fourth-order valence-electron chi connectivity index (χ4n) is 5.80. The number of hydrogen-bond acceptors (Lipinski definition) is 6. The van der Waals surface area contributed by atoms with Gasteiger partial charge in [0.2, 0.25) is 11.9 Å². The molecule has 45 heavy (non-hydrogen) atoms. The van der Waals surface area contributed by atoms with Gasteiger partial charge in [0.05, 0.1) is 12.8 Å². The average molecular weight is 606 g/mol. The van der Waals surface area contributed by atoms with Crippen LogP contribution >= 0.6 is 0 Å². The van der Waals surface area contributed by atoms with E-state index < -0.39 is 6.04 Å². The zero-order valence-electron chi connectivity index (χ0n) is 26.4. The van der Waals surface area contributed by atoms with Gasteiger partial charge in [0.15, 0.2) is 0 Å². The van der Waals surface area contributed by atoms with Crippen LogP contribution in [0.15, 0.2) is 91.0 Å². The van der Waals surface area contributed by atoms with Crippen molar-refractivity contribution in [3.8, 4) is 17.0 Å². The second kappa shape index (κ2) is 15.3. The topological polar surface area (TPSA) is 96.4 Å². The predicted octanol–water partition coefficient (Wildman–Crippen LogP) is 7.27. The summed E-state index contributed by atoms with van der Waals surface area (Å²) < 4.78 is 5.40. The third-order valence-corrected chi connectivity index (χ3v) is 8.14. The van der Waals surface area contributed by atoms with Crippen LogP contribution in [0, 0.1) is 5.92 Å². The molecule has 1 aromatic heterocycles. The first kappa shape index (κ1) is 31.7. The highest BCUT2D eigenvalue weighted by Gasteiger charge is 2.35. The number of carbonyl (C=O) groups is 2. The Morgan fingerprint density at radius 1 is 0.889 bits per heavy atom. The summed E-state index contributed by atoms with van der Waals surface area (Å²) in [4.78, 5) is 39.9. The number of nitrogens with zero attached hydrogens (tertiary/aromatic N) is 3. The van der Waals surface area contributed by atoms with Crippen molar-refractivity contribution in [1.82, 2.24) is 15.3 Å². The molecule has 1 aliphatic rings. The zero-order chi connectivity index (χ0) is 31.6. The Bertz CT molecular complexity index is 1540.